The standard InChI is InChI=1S/C21H22O9/c1-2-21(20(28)29,10-13-5-7-16(24)19(27)14(13)11-22)30-18(26)8-4-12-3-6-15(23)17(25)9-12/h3-9,22-25,27H,2,10-11H2,1H3,(H,28,29). The second-order valence-electron chi connectivity index (χ2n) is 6.56. The number of aliphatic hydroxyl groups excluding tert-OH is 1. The number of rotatable bonds is 8. The van der Waals surface area contributed by atoms with Crippen LogP contribution in [0.2, 0.25) is 0 Å². The largest absolute Gasteiger partial charge is 0.504 e. The smallest absolute Gasteiger partial charge is 0.348 e. The molecule has 0 aromatic heterocycles. The molecule has 0 aliphatic heterocycles. The highest BCUT2D eigenvalue weighted by molar-refractivity contribution is 5.90. The molecule has 0 saturated heterocycles. The van der Waals surface area contributed by atoms with Crippen molar-refractivity contribution in [3.63, 3.8) is 0 Å². The van der Waals surface area contributed by atoms with Gasteiger partial charge in [-0.2, -0.15) is 0 Å². The van der Waals surface area contributed by atoms with Crippen molar-refractivity contribution in [3.8, 4) is 23.0 Å². The van der Waals surface area contributed by atoms with Gasteiger partial charge in [0.2, 0.25) is 5.60 Å². The molecule has 0 aliphatic rings. The zero-order valence-electron chi connectivity index (χ0n) is 16.1. The highest BCUT2D eigenvalue weighted by atomic mass is 16.6. The van der Waals surface area contributed by atoms with Crippen LogP contribution in [0.5, 0.6) is 23.0 Å². The third-order valence-corrected chi connectivity index (χ3v) is 4.66. The van der Waals surface area contributed by atoms with Gasteiger partial charge in [-0.15, -0.1) is 0 Å². The third kappa shape index (κ3) is 4.81. The van der Waals surface area contributed by atoms with E-state index in [1.54, 1.807) is 0 Å². The van der Waals surface area contributed by atoms with E-state index in [-0.39, 0.29) is 35.5 Å². The molecule has 2 aromatic rings. The maximum absolute atomic E-state index is 12.3. The SMILES string of the molecule is CCC(Cc1ccc(O)c(O)c1CO)(OC(=O)C=Cc1ccc(O)c(O)c1)C(=O)O. The van der Waals surface area contributed by atoms with Crippen LogP contribution in [0.25, 0.3) is 6.08 Å². The maximum Gasteiger partial charge on any atom is 0.348 e. The number of aliphatic carboxylic acids is 1. The van der Waals surface area contributed by atoms with Crippen LogP contribution < -0.4 is 0 Å². The minimum Gasteiger partial charge on any atom is -0.504 e. The number of carbonyl (C=O) groups excluding carboxylic acids is 1. The summed E-state index contributed by atoms with van der Waals surface area (Å²) >= 11 is 0. The normalized spacial score (nSPS) is 13.1. The molecule has 30 heavy (non-hydrogen) atoms. The van der Waals surface area contributed by atoms with E-state index >= 15 is 0 Å². The van der Waals surface area contributed by atoms with Crippen molar-refractivity contribution in [3.05, 3.63) is 53.1 Å². The van der Waals surface area contributed by atoms with E-state index in [1.807, 2.05) is 0 Å². The fourth-order valence-corrected chi connectivity index (χ4v) is 2.85. The number of carbonyl (C=O) groups is 2. The van der Waals surface area contributed by atoms with Gasteiger partial charge in [0, 0.05) is 18.1 Å². The first-order chi connectivity index (χ1) is 14.1. The van der Waals surface area contributed by atoms with E-state index in [0.717, 1.165) is 12.1 Å². The number of aromatic hydroxyl groups is 4. The van der Waals surface area contributed by atoms with Gasteiger partial charge >= 0.3 is 11.9 Å². The Morgan fingerprint density at radius 3 is 2.27 bits per heavy atom. The number of benzene rings is 2. The van der Waals surface area contributed by atoms with E-state index in [0.29, 0.717) is 5.56 Å². The fraction of sp³-hybridized carbons (Fsp3) is 0.238. The number of aliphatic hydroxyl groups is 1. The van der Waals surface area contributed by atoms with Crippen LogP contribution in [0.15, 0.2) is 36.4 Å². The molecule has 1 atom stereocenters. The minimum absolute atomic E-state index is 0.0692. The van der Waals surface area contributed by atoms with Crippen molar-refractivity contribution in [2.45, 2.75) is 32.0 Å². The summed E-state index contributed by atoms with van der Waals surface area (Å²) in [7, 11) is 0. The van der Waals surface area contributed by atoms with Crippen molar-refractivity contribution in [2.75, 3.05) is 0 Å². The van der Waals surface area contributed by atoms with Crippen LogP contribution in [0.3, 0.4) is 0 Å². The molecular weight excluding hydrogens is 396 g/mol. The Balaban J connectivity index is 2.30. The van der Waals surface area contributed by atoms with Crippen LogP contribution in [0.1, 0.15) is 30.0 Å². The van der Waals surface area contributed by atoms with Crippen LogP contribution >= 0.6 is 0 Å². The topological polar surface area (TPSA) is 165 Å². The lowest BCUT2D eigenvalue weighted by molar-refractivity contribution is -0.175. The highest BCUT2D eigenvalue weighted by Gasteiger charge is 2.41. The lowest BCUT2D eigenvalue weighted by Gasteiger charge is -2.28. The monoisotopic (exact) mass is 418 g/mol. The Bertz CT molecular complexity index is 981. The Morgan fingerprint density at radius 2 is 1.70 bits per heavy atom. The summed E-state index contributed by atoms with van der Waals surface area (Å²) in [6.45, 7) is 0.842. The van der Waals surface area contributed by atoms with Gasteiger partial charge in [-0.25, -0.2) is 9.59 Å². The molecule has 2 aromatic carbocycles. The van der Waals surface area contributed by atoms with E-state index < -0.39 is 35.6 Å². The second kappa shape index (κ2) is 9.19. The average Bonchev–Trinajstić information content (AvgIpc) is 2.71. The first-order valence-electron chi connectivity index (χ1n) is 8.93. The molecule has 0 spiro atoms. The first kappa shape index (κ1) is 22.6. The highest BCUT2D eigenvalue weighted by Crippen LogP contribution is 2.34. The molecule has 0 bridgehead atoms. The Labute approximate surface area is 171 Å². The van der Waals surface area contributed by atoms with Crippen LogP contribution in [0, 0.1) is 0 Å². The maximum atomic E-state index is 12.3. The number of carboxylic acid groups (broad SMARTS) is 1. The van der Waals surface area contributed by atoms with Gasteiger partial charge in [0.05, 0.1) is 6.61 Å². The second-order valence-corrected chi connectivity index (χ2v) is 6.56. The number of hydrogen-bond donors (Lipinski definition) is 6. The van der Waals surface area contributed by atoms with Gasteiger partial charge in [0.25, 0.3) is 0 Å². The lowest BCUT2D eigenvalue weighted by atomic mass is 9.89. The molecule has 0 saturated carbocycles. The van der Waals surface area contributed by atoms with Crippen molar-refractivity contribution in [1.29, 1.82) is 0 Å². The van der Waals surface area contributed by atoms with Gasteiger partial charge in [-0.05, 0) is 41.8 Å². The van der Waals surface area contributed by atoms with Gasteiger partial charge in [-0.1, -0.05) is 19.1 Å². The molecule has 0 heterocycles. The van der Waals surface area contributed by atoms with Gasteiger partial charge in [0.15, 0.2) is 23.0 Å². The zero-order chi connectivity index (χ0) is 22.5. The molecule has 2 rings (SSSR count). The number of hydrogen-bond acceptors (Lipinski definition) is 8. The van der Waals surface area contributed by atoms with Crippen molar-refractivity contribution in [1.82, 2.24) is 0 Å². The molecule has 0 amide bonds. The fourth-order valence-electron chi connectivity index (χ4n) is 2.85. The molecule has 9 heteroatoms. The molecule has 0 radical (unpaired) electrons. The summed E-state index contributed by atoms with van der Waals surface area (Å²) in [5, 5.41) is 57.5. The van der Waals surface area contributed by atoms with E-state index in [1.165, 1.54) is 37.3 Å². The number of phenols is 4. The van der Waals surface area contributed by atoms with Gasteiger partial charge in [0.1, 0.15) is 0 Å². The predicted molar refractivity (Wildman–Crippen MR) is 105 cm³/mol. The van der Waals surface area contributed by atoms with E-state index in [4.69, 9.17) is 4.74 Å². The molecule has 160 valence electrons. The Kier molecular flexibility index (Phi) is 6.91. The van der Waals surface area contributed by atoms with Gasteiger partial charge < -0.3 is 35.4 Å². The van der Waals surface area contributed by atoms with Crippen molar-refractivity contribution >= 4 is 18.0 Å². The van der Waals surface area contributed by atoms with Crippen molar-refractivity contribution in [2.24, 2.45) is 0 Å². The summed E-state index contributed by atoms with van der Waals surface area (Å²) in [6.07, 6.45) is 1.77. The van der Waals surface area contributed by atoms with E-state index in [2.05, 4.69) is 0 Å². The number of carboxylic acids is 1. The van der Waals surface area contributed by atoms with Crippen molar-refractivity contribution < 1.29 is 45.0 Å². The summed E-state index contributed by atoms with van der Waals surface area (Å²) in [5.41, 5.74) is -1.51. The Morgan fingerprint density at radius 1 is 1.03 bits per heavy atom. The number of ether oxygens (including phenoxy) is 1. The van der Waals surface area contributed by atoms with Crippen LogP contribution in [-0.4, -0.2) is 48.2 Å². The average molecular weight is 418 g/mol. The van der Waals surface area contributed by atoms with Crippen LogP contribution in [-0.2, 0) is 27.4 Å². The third-order valence-electron chi connectivity index (χ3n) is 4.66. The first-order valence-corrected chi connectivity index (χ1v) is 8.93. The molecule has 0 fully saturated rings. The zero-order valence-corrected chi connectivity index (χ0v) is 16.1. The predicted octanol–water partition coefficient (Wildman–Crippen LogP) is 2.03. The molecular formula is C21H22O9. The summed E-state index contributed by atoms with van der Waals surface area (Å²) < 4.78 is 5.24. The minimum atomic E-state index is -1.99. The quantitative estimate of drug-likeness (QED) is 0.214. The van der Waals surface area contributed by atoms with Gasteiger partial charge in [-0.3, -0.25) is 0 Å². The number of esters is 1. The Hall–Kier alpha value is -3.72. The lowest BCUT2D eigenvalue weighted by Crippen LogP contribution is -2.44. The summed E-state index contributed by atoms with van der Waals surface area (Å²) in [6, 6.07) is 6.33. The molecule has 1 unspecified atom stereocenters. The van der Waals surface area contributed by atoms with E-state index in [9.17, 15) is 40.2 Å². The molecule has 0 aliphatic carbocycles. The van der Waals surface area contributed by atoms with Crippen LogP contribution in [0.4, 0.5) is 0 Å². The molecule has 9 nitrogen and oxygen atoms in total. The molecule has 6 N–H and O–H groups in total. The summed E-state index contributed by atoms with van der Waals surface area (Å²) in [5.74, 6) is -4.17. The number of phenolic OH excluding ortho intramolecular Hbond substituents is 3. The summed E-state index contributed by atoms with van der Waals surface area (Å²) in [4.78, 5) is 24.3.